The largest absolute Gasteiger partial charge is 0.345 e. The second kappa shape index (κ2) is 4.72. The first-order valence-electron chi connectivity index (χ1n) is 5.90. The quantitative estimate of drug-likeness (QED) is 0.849. The number of hydrogen-bond acceptors (Lipinski definition) is 2. The van der Waals surface area contributed by atoms with Gasteiger partial charge in [-0.2, -0.15) is 0 Å². The van der Waals surface area contributed by atoms with Gasteiger partial charge in [-0.25, -0.2) is 4.98 Å². The highest BCUT2D eigenvalue weighted by molar-refractivity contribution is 5.33. The van der Waals surface area contributed by atoms with Crippen LogP contribution in [-0.2, 0) is 13.0 Å². The second-order valence-electron chi connectivity index (χ2n) is 4.55. The molecule has 0 bridgehead atoms. The van der Waals surface area contributed by atoms with E-state index in [1.807, 2.05) is 6.92 Å². The SMILES string of the molecule is Cc1ccc(Cc2nc(CN)[nH]c2C)cc1C. The van der Waals surface area contributed by atoms with Crippen molar-refractivity contribution < 1.29 is 0 Å². The first-order valence-corrected chi connectivity index (χ1v) is 5.90. The van der Waals surface area contributed by atoms with E-state index in [1.165, 1.54) is 16.7 Å². The molecule has 90 valence electrons. The van der Waals surface area contributed by atoms with E-state index in [1.54, 1.807) is 0 Å². The fourth-order valence-electron chi connectivity index (χ4n) is 1.94. The predicted molar refractivity (Wildman–Crippen MR) is 69.9 cm³/mol. The summed E-state index contributed by atoms with van der Waals surface area (Å²) in [7, 11) is 0. The molecule has 1 aromatic carbocycles. The van der Waals surface area contributed by atoms with Crippen LogP contribution in [0.3, 0.4) is 0 Å². The van der Waals surface area contributed by atoms with Gasteiger partial charge in [0.2, 0.25) is 0 Å². The van der Waals surface area contributed by atoms with Crippen molar-refractivity contribution in [1.29, 1.82) is 0 Å². The second-order valence-corrected chi connectivity index (χ2v) is 4.55. The van der Waals surface area contributed by atoms with Gasteiger partial charge in [0.05, 0.1) is 12.2 Å². The molecular weight excluding hydrogens is 210 g/mol. The number of aromatic nitrogens is 2. The average molecular weight is 229 g/mol. The van der Waals surface area contributed by atoms with Crippen LogP contribution in [0, 0.1) is 20.8 Å². The number of nitrogens with two attached hydrogens (primary N) is 1. The van der Waals surface area contributed by atoms with Crippen molar-refractivity contribution in [2.75, 3.05) is 0 Å². The summed E-state index contributed by atoms with van der Waals surface area (Å²) in [5.74, 6) is 0.862. The molecule has 1 heterocycles. The zero-order valence-corrected chi connectivity index (χ0v) is 10.7. The highest BCUT2D eigenvalue weighted by Crippen LogP contribution is 2.15. The molecule has 1 aromatic heterocycles. The number of H-pyrrole nitrogens is 1. The number of imidazole rings is 1. The van der Waals surface area contributed by atoms with Gasteiger partial charge in [-0.1, -0.05) is 18.2 Å². The molecule has 0 amide bonds. The van der Waals surface area contributed by atoms with Crippen LogP contribution in [0.15, 0.2) is 18.2 Å². The Labute approximate surface area is 102 Å². The van der Waals surface area contributed by atoms with Crippen LogP contribution in [0.25, 0.3) is 0 Å². The molecule has 0 saturated heterocycles. The number of aryl methyl sites for hydroxylation is 3. The van der Waals surface area contributed by atoms with E-state index in [2.05, 4.69) is 42.0 Å². The molecule has 3 heteroatoms. The molecule has 0 fully saturated rings. The molecule has 0 atom stereocenters. The molecule has 2 rings (SSSR count). The Kier molecular flexibility index (Phi) is 3.29. The first-order chi connectivity index (χ1) is 8.10. The third kappa shape index (κ3) is 2.56. The van der Waals surface area contributed by atoms with E-state index < -0.39 is 0 Å². The van der Waals surface area contributed by atoms with Gasteiger partial charge in [-0.05, 0) is 37.5 Å². The Balaban J connectivity index is 2.24. The lowest BCUT2D eigenvalue weighted by atomic mass is 10.0. The third-order valence-electron chi connectivity index (χ3n) is 3.17. The monoisotopic (exact) mass is 229 g/mol. The summed E-state index contributed by atoms with van der Waals surface area (Å²) in [5.41, 5.74) is 11.7. The Bertz CT molecular complexity index is 526. The van der Waals surface area contributed by atoms with Crippen molar-refractivity contribution in [3.63, 3.8) is 0 Å². The molecule has 3 nitrogen and oxygen atoms in total. The molecule has 0 radical (unpaired) electrons. The number of hydrogen-bond donors (Lipinski definition) is 2. The number of aromatic amines is 1. The van der Waals surface area contributed by atoms with Crippen LogP contribution in [0.1, 0.15) is 33.9 Å². The summed E-state index contributed by atoms with van der Waals surface area (Å²) in [6.07, 6.45) is 0.865. The normalized spacial score (nSPS) is 10.8. The zero-order chi connectivity index (χ0) is 12.4. The highest BCUT2D eigenvalue weighted by Gasteiger charge is 2.07. The molecule has 0 saturated carbocycles. The standard InChI is InChI=1S/C14H19N3/c1-9-4-5-12(6-10(9)2)7-13-11(3)16-14(8-15)17-13/h4-6H,7-8,15H2,1-3H3,(H,16,17). The maximum Gasteiger partial charge on any atom is 0.120 e. The number of rotatable bonds is 3. The number of nitrogens with one attached hydrogen (secondary N) is 1. The lowest BCUT2D eigenvalue weighted by Gasteiger charge is -2.04. The zero-order valence-electron chi connectivity index (χ0n) is 10.7. The topological polar surface area (TPSA) is 54.7 Å². The summed E-state index contributed by atoms with van der Waals surface area (Å²) in [4.78, 5) is 7.70. The summed E-state index contributed by atoms with van der Waals surface area (Å²) >= 11 is 0. The summed E-state index contributed by atoms with van der Waals surface area (Å²) in [5, 5.41) is 0. The van der Waals surface area contributed by atoms with E-state index >= 15 is 0 Å². The van der Waals surface area contributed by atoms with Gasteiger partial charge < -0.3 is 10.7 Å². The maximum absolute atomic E-state index is 5.58. The molecule has 0 unspecified atom stereocenters. The van der Waals surface area contributed by atoms with Crippen LogP contribution >= 0.6 is 0 Å². The van der Waals surface area contributed by atoms with E-state index in [0.717, 1.165) is 23.6 Å². The van der Waals surface area contributed by atoms with Crippen molar-refractivity contribution in [3.8, 4) is 0 Å². The van der Waals surface area contributed by atoms with Crippen LogP contribution in [0.2, 0.25) is 0 Å². The molecule has 17 heavy (non-hydrogen) atoms. The molecule has 3 N–H and O–H groups in total. The molecule has 0 aliphatic rings. The fourth-order valence-corrected chi connectivity index (χ4v) is 1.94. The van der Waals surface area contributed by atoms with Gasteiger partial charge >= 0.3 is 0 Å². The van der Waals surface area contributed by atoms with Crippen molar-refractivity contribution in [1.82, 2.24) is 9.97 Å². The van der Waals surface area contributed by atoms with E-state index in [4.69, 9.17) is 5.73 Å². The van der Waals surface area contributed by atoms with Gasteiger partial charge in [-0.3, -0.25) is 0 Å². The molecule has 0 aliphatic carbocycles. The van der Waals surface area contributed by atoms with Crippen molar-refractivity contribution in [2.45, 2.75) is 33.7 Å². The molecular formula is C14H19N3. The Hall–Kier alpha value is -1.61. The number of nitrogens with zero attached hydrogens (tertiary/aromatic N) is 1. The lowest BCUT2D eigenvalue weighted by Crippen LogP contribution is -1.98. The van der Waals surface area contributed by atoms with Crippen LogP contribution < -0.4 is 5.73 Å². The van der Waals surface area contributed by atoms with Gasteiger partial charge in [0.1, 0.15) is 5.82 Å². The van der Waals surface area contributed by atoms with Gasteiger partial charge in [-0.15, -0.1) is 0 Å². The molecule has 2 aromatic rings. The minimum atomic E-state index is 0.466. The minimum Gasteiger partial charge on any atom is -0.345 e. The van der Waals surface area contributed by atoms with Crippen molar-refractivity contribution in [2.24, 2.45) is 5.73 Å². The van der Waals surface area contributed by atoms with Crippen molar-refractivity contribution in [3.05, 3.63) is 52.1 Å². The van der Waals surface area contributed by atoms with E-state index in [0.29, 0.717) is 6.54 Å². The van der Waals surface area contributed by atoms with Crippen LogP contribution in [0.5, 0.6) is 0 Å². The Morgan fingerprint density at radius 2 is 1.94 bits per heavy atom. The molecule has 0 spiro atoms. The van der Waals surface area contributed by atoms with Crippen LogP contribution in [-0.4, -0.2) is 9.97 Å². The minimum absolute atomic E-state index is 0.466. The van der Waals surface area contributed by atoms with Gasteiger partial charge in [0, 0.05) is 12.1 Å². The Morgan fingerprint density at radius 3 is 2.53 bits per heavy atom. The summed E-state index contributed by atoms with van der Waals surface area (Å²) < 4.78 is 0. The smallest absolute Gasteiger partial charge is 0.120 e. The van der Waals surface area contributed by atoms with Gasteiger partial charge in [0.25, 0.3) is 0 Å². The number of benzene rings is 1. The fraction of sp³-hybridized carbons (Fsp3) is 0.357. The average Bonchev–Trinajstić information content (AvgIpc) is 2.65. The highest BCUT2D eigenvalue weighted by atomic mass is 14.9. The van der Waals surface area contributed by atoms with Crippen LogP contribution in [0.4, 0.5) is 0 Å². The van der Waals surface area contributed by atoms with E-state index in [-0.39, 0.29) is 0 Å². The van der Waals surface area contributed by atoms with Crippen molar-refractivity contribution >= 4 is 0 Å². The summed E-state index contributed by atoms with van der Waals surface area (Å²) in [6, 6.07) is 6.56. The van der Waals surface area contributed by atoms with E-state index in [9.17, 15) is 0 Å². The molecule has 0 aliphatic heterocycles. The van der Waals surface area contributed by atoms with Gasteiger partial charge in [0.15, 0.2) is 0 Å². The predicted octanol–water partition coefficient (Wildman–Crippen LogP) is 2.38. The summed E-state index contributed by atoms with van der Waals surface area (Å²) in [6.45, 7) is 6.78. The third-order valence-corrected chi connectivity index (χ3v) is 3.17. The Morgan fingerprint density at radius 1 is 1.18 bits per heavy atom. The lowest BCUT2D eigenvalue weighted by molar-refractivity contribution is 0.934. The first kappa shape index (κ1) is 11.9. The maximum atomic E-state index is 5.58.